The molecule has 138 heavy (non-hydrogen) atoms. The summed E-state index contributed by atoms with van der Waals surface area (Å²) < 4.78 is 14.5. The molecule has 0 aliphatic carbocycles. The van der Waals surface area contributed by atoms with Crippen LogP contribution in [-0.2, 0) is 0 Å². The van der Waals surface area contributed by atoms with E-state index in [1.54, 1.807) is 0 Å². The Morgan fingerprint density at radius 1 is 0.0870 bits per heavy atom. The van der Waals surface area contributed by atoms with Crippen LogP contribution in [-0.4, -0.2) is 27.4 Å². The van der Waals surface area contributed by atoms with Gasteiger partial charge in [-0.3, -0.25) is 0 Å². The third-order valence-electron chi connectivity index (χ3n) is 27.9. The van der Waals surface area contributed by atoms with Crippen molar-refractivity contribution in [2.75, 3.05) is 0 Å². The van der Waals surface area contributed by atoms with E-state index >= 15 is 0 Å². The van der Waals surface area contributed by atoms with Gasteiger partial charge in [0.25, 0.3) is 0 Å². The fourth-order valence-electron chi connectivity index (χ4n) is 21.8. The van der Waals surface area contributed by atoms with Crippen molar-refractivity contribution in [3.63, 3.8) is 0 Å². The van der Waals surface area contributed by atoms with Crippen LogP contribution in [0.1, 0.15) is 0 Å². The molecule has 6 nitrogen and oxygen atoms in total. The van der Waals surface area contributed by atoms with Crippen molar-refractivity contribution in [2.24, 2.45) is 0 Å². The lowest BCUT2D eigenvalue weighted by Crippen LogP contribution is -1.96. The Balaban J connectivity index is 0.000000107. The van der Waals surface area contributed by atoms with Crippen molar-refractivity contribution in [3.8, 4) is 112 Å². The van der Waals surface area contributed by atoms with Crippen LogP contribution in [0.4, 0.5) is 0 Å². The summed E-state index contributed by atoms with van der Waals surface area (Å²) in [6.45, 7) is 0. The predicted molar refractivity (Wildman–Crippen MR) is 583 cm³/mol. The first-order chi connectivity index (χ1) is 68.5. The third-order valence-corrected chi connectivity index (χ3v) is 27.9. The van der Waals surface area contributed by atoms with Crippen molar-refractivity contribution in [2.45, 2.75) is 0 Å². The van der Waals surface area contributed by atoms with Crippen molar-refractivity contribution < 1.29 is 0 Å². The lowest BCUT2D eigenvalue weighted by Gasteiger charge is -2.14. The first-order valence-corrected chi connectivity index (χ1v) is 47.4. The largest absolute Gasteiger partial charge is 0.309 e. The van der Waals surface area contributed by atoms with Gasteiger partial charge in [0.1, 0.15) is 0 Å². The van der Waals surface area contributed by atoms with Gasteiger partial charge in [0.15, 0.2) is 0 Å². The summed E-state index contributed by atoms with van der Waals surface area (Å²) in [5.74, 6) is 0. The monoisotopic (exact) mass is 1760 g/mol. The molecule has 0 fully saturated rings. The molecular weight excluding hydrogens is 1670 g/mol. The zero-order valence-electron chi connectivity index (χ0n) is 75.5. The van der Waals surface area contributed by atoms with Crippen molar-refractivity contribution in [1.82, 2.24) is 27.4 Å². The van der Waals surface area contributed by atoms with Gasteiger partial charge in [0.2, 0.25) is 0 Å². The van der Waals surface area contributed by atoms with Crippen LogP contribution in [0.2, 0.25) is 0 Å². The van der Waals surface area contributed by atoms with Crippen LogP contribution >= 0.6 is 0 Å². The van der Waals surface area contributed by atoms with Gasteiger partial charge in [-0.1, -0.05) is 376 Å². The summed E-state index contributed by atoms with van der Waals surface area (Å²) in [6, 6.07) is 193. The molecular formula is C132H88N6. The normalized spacial score (nSPS) is 11.6. The van der Waals surface area contributed by atoms with Crippen LogP contribution < -0.4 is 0 Å². The van der Waals surface area contributed by atoms with E-state index in [1.165, 1.54) is 220 Å². The zero-order chi connectivity index (χ0) is 91.1. The molecule has 0 atom stereocenters. The van der Waals surface area contributed by atoms with E-state index in [0.29, 0.717) is 0 Å². The standard InChI is InChI=1S/C48H32N2.2C42H28N2/c1-3-11-33(12-4-1)35-19-21-36(22-20-35)38-25-29-40(30-26-38)50-44-18-10-8-16-42(44)48-46(50)32-31-45-47(48)41-15-7-9-17-43(41)49(45)39-27-23-37(24-28-39)34-13-5-2-6-14-34;1-4-14-29(15-5-1)31-26-32(30-16-6-2-7-17-30)28-34(27-31)44-38-23-13-11-21-36(38)42-40(44)25-24-39-41(42)35-20-10-12-22-37(35)43(39)33-18-8-3-9-19-33;1-3-13-29(14-4-1)30-15-11-16-31(27-30)32-17-12-20-34(28-32)44-38-24-10-8-22-36(38)42-40(44)26-25-39-41(42)35-21-7-9-23-37(35)43(39)33-18-5-2-6-19-33/h1-32H;2*1-28H. The molecule has 22 aromatic carbocycles. The van der Waals surface area contributed by atoms with Gasteiger partial charge in [-0.05, 0) is 236 Å². The lowest BCUT2D eigenvalue weighted by molar-refractivity contribution is 1.17. The highest BCUT2D eigenvalue weighted by Crippen LogP contribution is 2.49. The minimum absolute atomic E-state index is 1.15. The summed E-state index contributed by atoms with van der Waals surface area (Å²) in [5.41, 5.74) is 38.5. The number of nitrogens with zero attached hydrogens (tertiary/aromatic N) is 6. The highest BCUT2D eigenvalue weighted by Gasteiger charge is 2.26. The SMILES string of the molecule is c1ccc(-c2cc(-c3ccccc3)cc(-n3c4ccccc4c4c5c6ccccc6n(-c6ccccc6)c5ccc43)c2)cc1.c1ccc(-c2ccc(-c3ccc(-n4c5ccccc5c5c6c7ccccc7n(-c7ccc(-c8ccccc8)cc7)c6ccc54)cc3)cc2)cc1.c1ccc(-c2cccc(-c3cccc(-n4c5ccccc5c5c6c7ccccc7n(-c7ccccc7)c6ccc54)c3)c2)cc1. The Morgan fingerprint density at radius 2 is 0.254 bits per heavy atom. The molecule has 0 radical (unpaired) electrons. The topological polar surface area (TPSA) is 29.6 Å². The summed E-state index contributed by atoms with van der Waals surface area (Å²) in [7, 11) is 0. The smallest absolute Gasteiger partial charge is 0.0548 e. The minimum atomic E-state index is 1.15. The molecule has 0 N–H and O–H groups in total. The fourth-order valence-corrected chi connectivity index (χ4v) is 21.8. The second-order valence-corrected chi connectivity index (χ2v) is 35.7. The zero-order valence-corrected chi connectivity index (χ0v) is 75.5. The molecule has 0 amide bonds. The van der Waals surface area contributed by atoms with E-state index in [-0.39, 0.29) is 0 Å². The van der Waals surface area contributed by atoms with Crippen LogP contribution in [0.3, 0.4) is 0 Å². The van der Waals surface area contributed by atoms with Crippen LogP contribution in [0.25, 0.3) is 243 Å². The number of rotatable bonds is 13. The van der Waals surface area contributed by atoms with Gasteiger partial charge in [0, 0.05) is 98.8 Å². The molecule has 0 aliphatic rings. The van der Waals surface area contributed by atoms with Gasteiger partial charge in [0.05, 0.1) is 66.2 Å². The summed E-state index contributed by atoms with van der Waals surface area (Å²) in [5, 5.41) is 15.3. The van der Waals surface area contributed by atoms with Gasteiger partial charge in [-0.2, -0.15) is 0 Å². The number of hydrogen-bond donors (Lipinski definition) is 0. The average molecular weight is 1760 g/mol. The van der Waals surface area contributed by atoms with Crippen LogP contribution in [0.5, 0.6) is 0 Å². The summed E-state index contributed by atoms with van der Waals surface area (Å²) >= 11 is 0. The van der Waals surface area contributed by atoms with Crippen molar-refractivity contribution >= 4 is 131 Å². The van der Waals surface area contributed by atoms with E-state index in [4.69, 9.17) is 0 Å². The Bertz CT molecular complexity index is 9440. The Morgan fingerprint density at radius 3 is 0.543 bits per heavy atom. The number of aromatic nitrogens is 6. The first-order valence-electron chi connectivity index (χ1n) is 47.4. The number of para-hydroxylation sites is 8. The van der Waals surface area contributed by atoms with E-state index in [0.717, 1.165) is 22.7 Å². The summed E-state index contributed by atoms with van der Waals surface area (Å²) in [6.07, 6.45) is 0. The molecule has 0 saturated heterocycles. The van der Waals surface area contributed by atoms with E-state index in [1.807, 2.05) is 0 Å². The Hall–Kier alpha value is -18.4. The molecule has 0 bridgehead atoms. The minimum Gasteiger partial charge on any atom is -0.309 e. The predicted octanol–water partition coefficient (Wildman–Crippen LogP) is 35.3. The van der Waals surface area contributed by atoms with E-state index < -0.39 is 0 Å². The van der Waals surface area contributed by atoms with Gasteiger partial charge < -0.3 is 27.4 Å². The van der Waals surface area contributed by atoms with Crippen molar-refractivity contribution in [3.05, 3.63) is 534 Å². The maximum absolute atomic E-state index is 2.46. The Labute approximate surface area is 798 Å². The van der Waals surface area contributed by atoms with Gasteiger partial charge in [-0.25, -0.2) is 0 Å². The molecule has 0 spiro atoms. The highest BCUT2D eigenvalue weighted by atomic mass is 15.0. The van der Waals surface area contributed by atoms with Crippen molar-refractivity contribution in [1.29, 1.82) is 0 Å². The molecule has 6 aromatic heterocycles. The molecule has 28 rings (SSSR count). The fraction of sp³-hybridized carbons (Fsp3) is 0. The van der Waals surface area contributed by atoms with E-state index in [2.05, 4.69) is 561 Å². The molecule has 28 aromatic rings. The molecule has 0 saturated carbocycles. The quantitative estimate of drug-likeness (QED) is 0.110. The molecule has 0 aliphatic heterocycles. The number of benzene rings is 22. The number of hydrogen-bond acceptors (Lipinski definition) is 0. The Kier molecular flexibility index (Phi) is 19.9. The molecule has 0 unspecified atom stereocenters. The first kappa shape index (κ1) is 80.5. The maximum atomic E-state index is 2.46. The van der Waals surface area contributed by atoms with E-state index in [9.17, 15) is 0 Å². The second kappa shape index (κ2) is 34.0. The van der Waals surface area contributed by atoms with Crippen LogP contribution in [0, 0.1) is 0 Å². The molecule has 6 heteroatoms. The summed E-state index contributed by atoms with van der Waals surface area (Å²) in [4.78, 5) is 0. The molecule has 646 valence electrons. The number of fused-ring (bicyclic) bond motifs is 21. The molecule has 6 heterocycles. The third kappa shape index (κ3) is 13.8. The van der Waals surface area contributed by atoms with Gasteiger partial charge >= 0.3 is 0 Å². The maximum Gasteiger partial charge on any atom is 0.0548 e. The second-order valence-electron chi connectivity index (χ2n) is 35.7. The highest BCUT2D eigenvalue weighted by molar-refractivity contribution is 6.32. The van der Waals surface area contributed by atoms with Gasteiger partial charge in [-0.15, -0.1) is 0 Å². The lowest BCUT2D eigenvalue weighted by atomic mass is 9.98. The average Bonchev–Trinajstić information content (AvgIpc) is 1.55. The van der Waals surface area contributed by atoms with Crippen LogP contribution in [0.15, 0.2) is 534 Å².